The Morgan fingerprint density at radius 3 is 2.53 bits per heavy atom. The third-order valence-electron chi connectivity index (χ3n) is 5.47. The van der Waals surface area contributed by atoms with E-state index in [-0.39, 0.29) is 11.9 Å². The minimum Gasteiger partial charge on any atom is -0.459 e. The van der Waals surface area contributed by atoms with Crippen LogP contribution in [0, 0.1) is 0 Å². The van der Waals surface area contributed by atoms with Crippen molar-refractivity contribution in [3.05, 3.63) is 89.3 Å². The molecule has 1 aliphatic rings. The second-order valence-corrected chi connectivity index (χ2v) is 8.26. The van der Waals surface area contributed by atoms with E-state index in [2.05, 4.69) is 0 Å². The van der Waals surface area contributed by atoms with Gasteiger partial charge in [0.2, 0.25) is 5.88 Å². The van der Waals surface area contributed by atoms with Crippen molar-refractivity contribution in [1.29, 1.82) is 0 Å². The summed E-state index contributed by atoms with van der Waals surface area (Å²) in [6.45, 7) is 0.366. The number of halogens is 1. The maximum absolute atomic E-state index is 13.2. The number of hydrogen-bond acceptors (Lipinski definition) is 4. The summed E-state index contributed by atoms with van der Waals surface area (Å²) in [4.78, 5) is 15.1. The van der Waals surface area contributed by atoms with Crippen LogP contribution in [0.2, 0.25) is 5.02 Å². The molecule has 4 aromatic rings. The number of nitrogens with zero attached hydrogens (tertiary/aromatic N) is 3. The lowest BCUT2D eigenvalue weighted by atomic mass is 10.1. The van der Waals surface area contributed by atoms with Gasteiger partial charge in [0.15, 0.2) is 5.76 Å². The standard InChI is InChI=1S/C25H22ClN3O3/c1-28-25(32-20-13-9-18(26)10-14-20)21(23(27-28)17-6-3-2-4-7-17)16-29(19-11-12-19)24(30)22-8-5-15-31-22/h2-10,13-15,19H,11-12,16H2,1H3. The summed E-state index contributed by atoms with van der Waals surface area (Å²) in [5, 5.41) is 5.39. The van der Waals surface area contributed by atoms with Gasteiger partial charge in [0, 0.05) is 23.7 Å². The van der Waals surface area contributed by atoms with Crippen molar-refractivity contribution >= 4 is 17.5 Å². The van der Waals surface area contributed by atoms with E-state index in [1.807, 2.05) is 54.4 Å². The van der Waals surface area contributed by atoms with E-state index in [9.17, 15) is 4.79 Å². The van der Waals surface area contributed by atoms with Crippen molar-refractivity contribution in [3.63, 3.8) is 0 Å². The zero-order valence-electron chi connectivity index (χ0n) is 17.6. The summed E-state index contributed by atoms with van der Waals surface area (Å²) < 4.78 is 13.4. The molecule has 7 heteroatoms. The molecule has 2 aromatic carbocycles. The maximum Gasteiger partial charge on any atom is 0.290 e. The van der Waals surface area contributed by atoms with Crippen molar-refractivity contribution in [2.45, 2.75) is 25.4 Å². The SMILES string of the molecule is Cn1nc(-c2ccccc2)c(CN(C(=O)c2ccco2)C2CC2)c1Oc1ccc(Cl)cc1. The molecule has 0 spiro atoms. The Balaban J connectivity index is 1.56. The Bertz CT molecular complexity index is 1210. The summed E-state index contributed by atoms with van der Waals surface area (Å²) in [7, 11) is 1.84. The largest absolute Gasteiger partial charge is 0.459 e. The Labute approximate surface area is 191 Å². The van der Waals surface area contributed by atoms with Crippen LogP contribution in [0.25, 0.3) is 11.3 Å². The van der Waals surface area contributed by atoms with Gasteiger partial charge < -0.3 is 14.1 Å². The molecule has 0 radical (unpaired) electrons. The first-order valence-electron chi connectivity index (χ1n) is 10.5. The lowest BCUT2D eigenvalue weighted by Gasteiger charge is -2.22. The zero-order chi connectivity index (χ0) is 22.1. The predicted molar refractivity (Wildman–Crippen MR) is 122 cm³/mol. The topological polar surface area (TPSA) is 60.5 Å². The van der Waals surface area contributed by atoms with E-state index in [0.717, 1.165) is 29.7 Å². The molecule has 0 aliphatic heterocycles. The first-order chi connectivity index (χ1) is 15.6. The number of amides is 1. The highest BCUT2D eigenvalue weighted by Gasteiger charge is 2.36. The first kappa shape index (κ1) is 20.4. The van der Waals surface area contributed by atoms with Gasteiger partial charge in [-0.2, -0.15) is 5.10 Å². The molecule has 0 unspecified atom stereocenters. The second kappa shape index (κ2) is 8.55. The van der Waals surface area contributed by atoms with Crippen LogP contribution in [0.5, 0.6) is 11.6 Å². The fraction of sp³-hybridized carbons (Fsp3) is 0.200. The van der Waals surface area contributed by atoms with Crippen LogP contribution in [-0.4, -0.2) is 26.6 Å². The van der Waals surface area contributed by atoms with E-state index in [1.165, 1.54) is 6.26 Å². The Morgan fingerprint density at radius 2 is 1.88 bits per heavy atom. The molecule has 162 valence electrons. The molecule has 0 N–H and O–H groups in total. The van der Waals surface area contributed by atoms with Gasteiger partial charge >= 0.3 is 0 Å². The van der Waals surface area contributed by atoms with Crippen LogP contribution in [0.1, 0.15) is 29.0 Å². The molecule has 2 heterocycles. The number of carbonyl (C=O) groups is 1. The number of rotatable bonds is 7. The Hall–Kier alpha value is -3.51. The number of carbonyl (C=O) groups excluding carboxylic acids is 1. The summed E-state index contributed by atoms with van der Waals surface area (Å²) in [6, 6.07) is 20.7. The average molecular weight is 448 g/mol. The van der Waals surface area contributed by atoms with E-state index >= 15 is 0 Å². The monoisotopic (exact) mass is 447 g/mol. The average Bonchev–Trinajstić information content (AvgIpc) is 3.40. The van der Waals surface area contributed by atoms with Gasteiger partial charge in [-0.3, -0.25) is 4.79 Å². The van der Waals surface area contributed by atoms with Crippen LogP contribution in [0.4, 0.5) is 0 Å². The van der Waals surface area contributed by atoms with E-state index in [4.69, 9.17) is 25.9 Å². The molecule has 1 amide bonds. The minimum absolute atomic E-state index is 0.127. The normalized spacial score (nSPS) is 13.2. The first-order valence-corrected chi connectivity index (χ1v) is 10.9. The van der Waals surface area contributed by atoms with Gasteiger partial charge in [0.05, 0.1) is 18.4 Å². The van der Waals surface area contributed by atoms with Crippen LogP contribution < -0.4 is 4.74 Å². The van der Waals surface area contributed by atoms with Gasteiger partial charge in [0.25, 0.3) is 5.91 Å². The van der Waals surface area contributed by atoms with E-state index in [1.54, 1.807) is 28.9 Å². The molecule has 32 heavy (non-hydrogen) atoms. The molecular formula is C25H22ClN3O3. The van der Waals surface area contributed by atoms with E-state index < -0.39 is 0 Å². The minimum atomic E-state index is -0.127. The number of ether oxygens (including phenoxy) is 1. The van der Waals surface area contributed by atoms with E-state index in [0.29, 0.717) is 29.0 Å². The highest BCUT2D eigenvalue weighted by molar-refractivity contribution is 6.30. The molecule has 1 saturated carbocycles. The Morgan fingerprint density at radius 1 is 1.12 bits per heavy atom. The summed E-state index contributed by atoms with van der Waals surface area (Å²) in [6.07, 6.45) is 3.47. The van der Waals surface area contributed by atoms with Crippen LogP contribution in [0.3, 0.4) is 0 Å². The van der Waals surface area contributed by atoms with Gasteiger partial charge in [-0.1, -0.05) is 41.9 Å². The van der Waals surface area contributed by atoms with Crippen molar-refractivity contribution in [3.8, 4) is 22.9 Å². The van der Waals surface area contributed by atoms with Crippen LogP contribution >= 0.6 is 11.6 Å². The number of furan rings is 1. The quantitative estimate of drug-likeness (QED) is 0.352. The third-order valence-corrected chi connectivity index (χ3v) is 5.72. The second-order valence-electron chi connectivity index (χ2n) is 7.82. The number of benzene rings is 2. The Kier molecular flexibility index (Phi) is 5.45. The number of aromatic nitrogens is 2. The highest BCUT2D eigenvalue weighted by atomic mass is 35.5. The molecule has 0 bridgehead atoms. The lowest BCUT2D eigenvalue weighted by Crippen LogP contribution is -2.32. The molecule has 0 saturated heterocycles. The molecule has 6 nitrogen and oxygen atoms in total. The van der Waals surface area contributed by atoms with Gasteiger partial charge in [-0.05, 0) is 49.2 Å². The molecule has 1 fully saturated rings. The van der Waals surface area contributed by atoms with Crippen LogP contribution in [0.15, 0.2) is 77.4 Å². The number of aryl methyl sites for hydroxylation is 1. The fourth-order valence-corrected chi connectivity index (χ4v) is 3.86. The number of hydrogen-bond donors (Lipinski definition) is 0. The lowest BCUT2D eigenvalue weighted by molar-refractivity contribution is 0.0696. The molecule has 5 rings (SSSR count). The van der Waals surface area contributed by atoms with Crippen molar-refractivity contribution in [1.82, 2.24) is 14.7 Å². The van der Waals surface area contributed by atoms with Gasteiger partial charge in [0.1, 0.15) is 11.4 Å². The van der Waals surface area contributed by atoms with Crippen molar-refractivity contribution < 1.29 is 13.9 Å². The molecular weight excluding hydrogens is 426 g/mol. The summed E-state index contributed by atoms with van der Waals surface area (Å²) >= 11 is 6.03. The van der Waals surface area contributed by atoms with Crippen molar-refractivity contribution in [2.75, 3.05) is 0 Å². The predicted octanol–water partition coefficient (Wildman–Crippen LogP) is 5.93. The summed E-state index contributed by atoms with van der Waals surface area (Å²) in [5.74, 6) is 1.44. The van der Waals surface area contributed by atoms with Gasteiger partial charge in [-0.15, -0.1) is 0 Å². The smallest absolute Gasteiger partial charge is 0.290 e. The summed E-state index contributed by atoms with van der Waals surface area (Å²) in [5.41, 5.74) is 2.60. The van der Waals surface area contributed by atoms with Crippen molar-refractivity contribution in [2.24, 2.45) is 7.05 Å². The molecule has 2 aromatic heterocycles. The molecule has 1 aliphatic carbocycles. The highest BCUT2D eigenvalue weighted by Crippen LogP contribution is 2.37. The zero-order valence-corrected chi connectivity index (χ0v) is 18.3. The van der Waals surface area contributed by atoms with Gasteiger partial charge in [-0.25, -0.2) is 4.68 Å². The van der Waals surface area contributed by atoms with Crippen LogP contribution in [-0.2, 0) is 13.6 Å². The molecule has 0 atom stereocenters. The fourth-order valence-electron chi connectivity index (χ4n) is 3.73. The maximum atomic E-state index is 13.2. The third kappa shape index (κ3) is 4.14.